The van der Waals surface area contributed by atoms with Gasteiger partial charge in [-0.3, -0.25) is 9.59 Å². The SMILES string of the molecule is O=C(Nc1cccc(C(=O)N2CCOCC2)c1)c1cc(Br)ccc1OCCc1ccccc1. The topological polar surface area (TPSA) is 67.9 Å². The molecule has 1 N–H and O–H groups in total. The minimum absolute atomic E-state index is 0.0678. The van der Waals surface area contributed by atoms with Crippen molar-refractivity contribution in [2.45, 2.75) is 6.42 Å². The molecule has 0 aliphatic carbocycles. The molecule has 4 rings (SSSR count). The Kier molecular flexibility index (Phi) is 7.75. The predicted molar refractivity (Wildman–Crippen MR) is 131 cm³/mol. The summed E-state index contributed by atoms with van der Waals surface area (Å²) in [5, 5.41) is 2.90. The van der Waals surface area contributed by atoms with Crippen molar-refractivity contribution in [2.24, 2.45) is 0 Å². The van der Waals surface area contributed by atoms with E-state index in [2.05, 4.69) is 21.2 Å². The number of benzene rings is 3. The molecule has 0 spiro atoms. The van der Waals surface area contributed by atoms with Crippen LogP contribution in [-0.2, 0) is 11.2 Å². The second-order valence-electron chi connectivity index (χ2n) is 7.66. The lowest BCUT2D eigenvalue weighted by Crippen LogP contribution is -2.40. The smallest absolute Gasteiger partial charge is 0.259 e. The number of morpholine rings is 1. The molecule has 1 heterocycles. The van der Waals surface area contributed by atoms with Gasteiger partial charge >= 0.3 is 0 Å². The lowest BCUT2D eigenvalue weighted by molar-refractivity contribution is 0.0303. The highest BCUT2D eigenvalue weighted by Crippen LogP contribution is 2.25. The third-order valence-corrected chi connectivity index (χ3v) is 5.84. The summed E-state index contributed by atoms with van der Waals surface area (Å²) >= 11 is 3.43. The van der Waals surface area contributed by atoms with Gasteiger partial charge in [0.1, 0.15) is 5.75 Å². The van der Waals surface area contributed by atoms with E-state index in [-0.39, 0.29) is 11.8 Å². The summed E-state index contributed by atoms with van der Waals surface area (Å²) in [7, 11) is 0. The van der Waals surface area contributed by atoms with E-state index in [1.165, 1.54) is 5.56 Å². The van der Waals surface area contributed by atoms with Crippen molar-refractivity contribution < 1.29 is 19.1 Å². The van der Waals surface area contributed by atoms with Crippen LogP contribution in [0, 0.1) is 0 Å². The minimum atomic E-state index is -0.304. The molecule has 1 fully saturated rings. The predicted octanol–water partition coefficient (Wildman–Crippen LogP) is 4.80. The van der Waals surface area contributed by atoms with Gasteiger partial charge in [0.05, 0.1) is 25.4 Å². The van der Waals surface area contributed by atoms with Crippen molar-refractivity contribution in [3.05, 3.63) is 94.0 Å². The first-order valence-corrected chi connectivity index (χ1v) is 11.6. The highest BCUT2D eigenvalue weighted by atomic mass is 79.9. The van der Waals surface area contributed by atoms with Gasteiger partial charge in [0.25, 0.3) is 11.8 Å². The van der Waals surface area contributed by atoms with Crippen LogP contribution >= 0.6 is 15.9 Å². The first kappa shape index (κ1) is 23.0. The minimum Gasteiger partial charge on any atom is -0.492 e. The zero-order valence-corrected chi connectivity index (χ0v) is 19.7. The summed E-state index contributed by atoms with van der Waals surface area (Å²) in [4.78, 5) is 27.6. The fraction of sp³-hybridized carbons (Fsp3) is 0.231. The molecule has 0 unspecified atom stereocenters. The van der Waals surface area contributed by atoms with Crippen LogP contribution in [0.2, 0.25) is 0 Å². The largest absolute Gasteiger partial charge is 0.492 e. The van der Waals surface area contributed by atoms with Crippen LogP contribution in [0.3, 0.4) is 0 Å². The number of nitrogens with zero attached hydrogens (tertiary/aromatic N) is 1. The fourth-order valence-corrected chi connectivity index (χ4v) is 3.97. The van der Waals surface area contributed by atoms with Crippen molar-refractivity contribution in [1.82, 2.24) is 4.90 Å². The summed E-state index contributed by atoms with van der Waals surface area (Å²) in [5.41, 5.74) is 2.67. The highest BCUT2D eigenvalue weighted by Gasteiger charge is 2.19. The van der Waals surface area contributed by atoms with Gasteiger partial charge in [-0.25, -0.2) is 0 Å². The van der Waals surface area contributed by atoms with Crippen molar-refractivity contribution in [3.63, 3.8) is 0 Å². The van der Waals surface area contributed by atoms with E-state index in [1.807, 2.05) is 36.4 Å². The Hall–Kier alpha value is -3.16. The molecule has 0 bridgehead atoms. The van der Waals surface area contributed by atoms with Gasteiger partial charge in [0, 0.05) is 35.2 Å². The van der Waals surface area contributed by atoms with Crippen LogP contribution in [0.25, 0.3) is 0 Å². The number of ether oxygens (including phenoxy) is 2. The van der Waals surface area contributed by atoms with E-state index in [1.54, 1.807) is 41.3 Å². The molecule has 0 atom stereocenters. The lowest BCUT2D eigenvalue weighted by atomic mass is 10.1. The van der Waals surface area contributed by atoms with Crippen LogP contribution in [-0.4, -0.2) is 49.6 Å². The molecular weight excluding hydrogens is 484 g/mol. The van der Waals surface area contributed by atoms with Gasteiger partial charge in [0.15, 0.2) is 0 Å². The second-order valence-corrected chi connectivity index (χ2v) is 8.58. The van der Waals surface area contributed by atoms with E-state index < -0.39 is 0 Å². The zero-order valence-electron chi connectivity index (χ0n) is 18.1. The lowest BCUT2D eigenvalue weighted by Gasteiger charge is -2.27. The average molecular weight is 509 g/mol. The van der Waals surface area contributed by atoms with Gasteiger partial charge in [-0.15, -0.1) is 0 Å². The molecule has 33 heavy (non-hydrogen) atoms. The standard InChI is InChI=1S/C26H25BrN2O4/c27-21-9-10-24(33-14-11-19-5-2-1-3-6-19)23(18-21)25(30)28-22-8-4-7-20(17-22)26(31)29-12-15-32-16-13-29/h1-10,17-18H,11-16H2,(H,28,30). The van der Waals surface area contributed by atoms with Crippen molar-refractivity contribution in [2.75, 3.05) is 38.2 Å². The van der Waals surface area contributed by atoms with E-state index >= 15 is 0 Å². The molecule has 2 amide bonds. The summed E-state index contributed by atoms with van der Waals surface area (Å²) in [6, 6.07) is 22.4. The summed E-state index contributed by atoms with van der Waals surface area (Å²) in [6.07, 6.45) is 0.740. The van der Waals surface area contributed by atoms with Crippen LogP contribution < -0.4 is 10.1 Å². The van der Waals surface area contributed by atoms with Gasteiger partial charge in [-0.1, -0.05) is 52.3 Å². The Morgan fingerprint density at radius 1 is 0.970 bits per heavy atom. The molecule has 0 radical (unpaired) electrons. The Balaban J connectivity index is 1.44. The van der Waals surface area contributed by atoms with Crippen LogP contribution in [0.4, 0.5) is 5.69 Å². The van der Waals surface area contributed by atoms with Crippen LogP contribution in [0.15, 0.2) is 77.3 Å². The molecule has 1 aliphatic heterocycles. The average Bonchev–Trinajstić information content (AvgIpc) is 2.86. The number of carbonyl (C=O) groups is 2. The van der Waals surface area contributed by atoms with Crippen molar-refractivity contribution in [1.29, 1.82) is 0 Å². The van der Waals surface area contributed by atoms with Gasteiger partial charge in [-0.2, -0.15) is 0 Å². The summed E-state index contributed by atoms with van der Waals surface area (Å²) < 4.78 is 12.0. The molecule has 3 aromatic carbocycles. The molecule has 3 aromatic rings. The Morgan fingerprint density at radius 3 is 2.55 bits per heavy atom. The number of halogens is 1. The maximum Gasteiger partial charge on any atom is 0.259 e. The molecule has 6 nitrogen and oxygen atoms in total. The molecular formula is C26H25BrN2O4. The van der Waals surface area contributed by atoms with Crippen molar-refractivity contribution in [3.8, 4) is 5.75 Å². The zero-order chi connectivity index (χ0) is 23.0. The quantitative estimate of drug-likeness (QED) is 0.497. The molecule has 0 saturated carbocycles. The number of carbonyl (C=O) groups excluding carboxylic acids is 2. The first-order valence-electron chi connectivity index (χ1n) is 10.8. The van der Waals surface area contributed by atoms with Crippen LogP contribution in [0.1, 0.15) is 26.3 Å². The number of anilines is 1. The van der Waals surface area contributed by atoms with Gasteiger partial charge in [0.2, 0.25) is 0 Å². The monoisotopic (exact) mass is 508 g/mol. The third kappa shape index (κ3) is 6.21. The van der Waals surface area contributed by atoms with Crippen molar-refractivity contribution >= 4 is 33.4 Å². The highest BCUT2D eigenvalue weighted by molar-refractivity contribution is 9.10. The maximum atomic E-state index is 13.1. The Labute approximate surface area is 201 Å². The third-order valence-electron chi connectivity index (χ3n) is 5.34. The number of amides is 2. The summed E-state index contributed by atoms with van der Waals surface area (Å²) in [6.45, 7) is 2.67. The Morgan fingerprint density at radius 2 is 1.76 bits per heavy atom. The van der Waals surface area contributed by atoms with E-state index in [0.29, 0.717) is 55.5 Å². The van der Waals surface area contributed by atoms with E-state index in [9.17, 15) is 9.59 Å². The molecule has 7 heteroatoms. The molecule has 170 valence electrons. The second kappa shape index (κ2) is 11.1. The van der Waals surface area contributed by atoms with Gasteiger partial charge in [-0.05, 0) is 42.0 Å². The molecule has 1 aliphatic rings. The van der Waals surface area contributed by atoms with E-state index in [4.69, 9.17) is 9.47 Å². The molecule has 1 saturated heterocycles. The fourth-order valence-electron chi connectivity index (χ4n) is 3.61. The summed E-state index contributed by atoms with van der Waals surface area (Å²) in [5.74, 6) is 0.135. The number of nitrogens with one attached hydrogen (secondary N) is 1. The van der Waals surface area contributed by atoms with Gasteiger partial charge < -0.3 is 19.7 Å². The van der Waals surface area contributed by atoms with Crippen LogP contribution in [0.5, 0.6) is 5.75 Å². The number of rotatable bonds is 7. The number of hydrogen-bond acceptors (Lipinski definition) is 4. The Bertz CT molecular complexity index is 1110. The number of hydrogen-bond donors (Lipinski definition) is 1. The maximum absolute atomic E-state index is 13.1. The first-order chi connectivity index (χ1) is 16.1. The normalized spacial score (nSPS) is 13.4. The molecule has 0 aromatic heterocycles. The van der Waals surface area contributed by atoms with E-state index in [0.717, 1.165) is 10.9 Å².